The van der Waals surface area contributed by atoms with Gasteiger partial charge in [-0.1, -0.05) is 17.7 Å². The molecule has 2 N–H and O–H groups in total. The lowest BCUT2D eigenvalue weighted by Gasteiger charge is -2.24. The third-order valence-corrected chi connectivity index (χ3v) is 3.69. The topological polar surface area (TPSA) is 32.5 Å². The summed E-state index contributed by atoms with van der Waals surface area (Å²) in [7, 11) is 4.32. The minimum Gasteiger partial charge on any atom is -0.370 e. The highest BCUT2D eigenvalue weighted by Crippen LogP contribution is 2.26. The van der Waals surface area contributed by atoms with E-state index >= 15 is 0 Å². The van der Waals surface area contributed by atoms with E-state index in [9.17, 15) is 0 Å². The molecule has 1 unspecified atom stereocenters. The molecule has 1 fully saturated rings. The Morgan fingerprint density at radius 2 is 2.18 bits per heavy atom. The predicted molar refractivity (Wildman–Crippen MR) is 73.4 cm³/mol. The van der Waals surface area contributed by atoms with Gasteiger partial charge < -0.3 is 15.5 Å². The third-order valence-electron chi connectivity index (χ3n) is 3.69. The fourth-order valence-electron chi connectivity index (χ4n) is 2.57. The molecule has 1 aromatic carbocycles. The molecule has 1 saturated heterocycles. The van der Waals surface area contributed by atoms with E-state index in [1.165, 1.54) is 23.2 Å². The van der Waals surface area contributed by atoms with Crippen LogP contribution in [0.2, 0.25) is 0 Å². The van der Waals surface area contributed by atoms with Crippen LogP contribution >= 0.6 is 0 Å². The summed E-state index contributed by atoms with van der Waals surface area (Å²) in [5.74, 6) is 0. The lowest BCUT2D eigenvalue weighted by Crippen LogP contribution is -2.31. The monoisotopic (exact) mass is 233 g/mol. The second-order valence-corrected chi connectivity index (χ2v) is 5.19. The van der Waals surface area contributed by atoms with Crippen molar-refractivity contribution < 1.29 is 0 Å². The van der Waals surface area contributed by atoms with Crippen LogP contribution in [0.3, 0.4) is 0 Å². The zero-order valence-electron chi connectivity index (χ0n) is 11.1. The molecule has 1 aliphatic rings. The third kappa shape index (κ3) is 2.61. The van der Waals surface area contributed by atoms with E-state index in [1.807, 2.05) is 0 Å². The van der Waals surface area contributed by atoms with E-state index in [-0.39, 0.29) is 0 Å². The van der Waals surface area contributed by atoms with Crippen LogP contribution in [0.15, 0.2) is 18.2 Å². The summed E-state index contributed by atoms with van der Waals surface area (Å²) in [5, 5.41) is 0. The lowest BCUT2D eigenvalue weighted by molar-refractivity contribution is 0.315. The molecule has 3 heteroatoms. The first kappa shape index (κ1) is 12.4. The number of hydrogen-bond donors (Lipinski definition) is 1. The van der Waals surface area contributed by atoms with E-state index in [0.29, 0.717) is 12.6 Å². The molecule has 1 heterocycles. The molecule has 0 spiro atoms. The van der Waals surface area contributed by atoms with Crippen LogP contribution in [-0.2, 0) is 6.54 Å². The molecule has 0 saturated carbocycles. The standard InChI is InChI=1S/C14H23N3/c1-11-4-5-14(12(8-11)9-15)17-7-6-13(10-17)16(2)3/h4-5,8,13H,6-7,9-10,15H2,1-3H3. The summed E-state index contributed by atoms with van der Waals surface area (Å²) >= 11 is 0. The smallest absolute Gasteiger partial charge is 0.0412 e. The average molecular weight is 233 g/mol. The molecule has 1 aliphatic heterocycles. The molecule has 0 aliphatic carbocycles. The molecule has 17 heavy (non-hydrogen) atoms. The Morgan fingerprint density at radius 3 is 2.76 bits per heavy atom. The van der Waals surface area contributed by atoms with Gasteiger partial charge in [0.2, 0.25) is 0 Å². The first-order chi connectivity index (χ1) is 8.11. The van der Waals surface area contributed by atoms with Crippen molar-refractivity contribution in [1.29, 1.82) is 0 Å². The van der Waals surface area contributed by atoms with Gasteiger partial charge in [-0.3, -0.25) is 0 Å². The SMILES string of the molecule is Cc1ccc(N2CCC(N(C)C)C2)c(CN)c1. The van der Waals surface area contributed by atoms with Gasteiger partial charge in [0.15, 0.2) is 0 Å². The summed E-state index contributed by atoms with van der Waals surface area (Å²) in [5.41, 5.74) is 9.72. The van der Waals surface area contributed by atoms with Crippen LogP contribution in [0.1, 0.15) is 17.5 Å². The Labute approximate surface area is 104 Å². The van der Waals surface area contributed by atoms with Gasteiger partial charge in [-0.05, 0) is 39.1 Å². The van der Waals surface area contributed by atoms with Gasteiger partial charge in [0.25, 0.3) is 0 Å². The molecule has 94 valence electrons. The Bertz CT molecular complexity index is 387. The zero-order chi connectivity index (χ0) is 12.4. The van der Waals surface area contributed by atoms with Crippen molar-refractivity contribution in [3.05, 3.63) is 29.3 Å². The predicted octanol–water partition coefficient (Wildman–Crippen LogP) is 1.59. The Hall–Kier alpha value is -1.06. The van der Waals surface area contributed by atoms with Crippen LogP contribution in [0.5, 0.6) is 0 Å². The van der Waals surface area contributed by atoms with Gasteiger partial charge in [-0.15, -0.1) is 0 Å². The molecule has 3 nitrogen and oxygen atoms in total. The fourth-order valence-corrected chi connectivity index (χ4v) is 2.57. The maximum absolute atomic E-state index is 5.84. The van der Waals surface area contributed by atoms with Crippen molar-refractivity contribution >= 4 is 5.69 Å². The molecule has 1 atom stereocenters. The Morgan fingerprint density at radius 1 is 1.41 bits per heavy atom. The van der Waals surface area contributed by atoms with Gasteiger partial charge in [0.1, 0.15) is 0 Å². The van der Waals surface area contributed by atoms with Crippen molar-refractivity contribution in [1.82, 2.24) is 4.90 Å². The van der Waals surface area contributed by atoms with E-state index in [4.69, 9.17) is 5.73 Å². The molecule has 0 radical (unpaired) electrons. The van der Waals surface area contributed by atoms with Gasteiger partial charge >= 0.3 is 0 Å². The molecule has 0 aromatic heterocycles. The maximum Gasteiger partial charge on any atom is 0.0412 e. The highest BCUT2D eigenvalue weighted by molar-refractivity contribution is 5.55. The van der Waals surface area contributed by atoms with Crippen LogP contribution < -0.4 is 10.6 Å². The van der Waals surface area contributed by atoms with E-state index < -0.39 is 0 Å². The van der Waals surface area contributed by atoms with Gasteiger partial charge in [-0.25, -0.2) is 0 Å². The number of nitrogens with zero attached hydrogens (tertiary/aromatic N) is 2. The molecule has 0 amide bonds. The molecule has 2 rings (SSSR count). The molecule has 0 bridgehead atoms. The molecular weight excluding hydrogens is 210 g/mol. The number of anilines is 1. The number of rotatable bonds is 3. The van der Waals surface area contributed by atoms with E-state index in [2.05, 4.69) is 49.0 Å². The van der Waals surface area contributed by atoms with E-state index in [1.54, 1.807) is 0 Å². The van der Waals surface area contributed by atoms with Crippen LogP contribution in [-0.4, -0.2) is 38.1 Å². The van der Waals surface area contributed by atoms with Crippen molar-refractivity contribution in [3.63, 3.8) is 0 Å². The Kier molecular flexibility index (Phi) is 3.69. The number of likely N-dealkylation sites (N-methyl/N-ethyl adjacent to an activating group) is 1. The van der Waals surface area contributed by atoms with Crippen LogP contribution in [0, 0.1) is 6.92 Å². The summed E-state index contributed by atoms with van der Waals surface area (Å²) in [6.07, 6.45) is 1.24. The molecule has 1 aromatic rings. The summed E-state index contributed by atoms with van der Waals surface area (Å²) in [6.45, 7) is 5.00. The molecular formula is C14H23N3. The lowest BCUT2D eigenvalue weighted by atomic mass is 10.1. The number of benzene rings is 1. The van der Waals surface area contributed by atoms with E-state index in [0.717, 1.165) is 13.1 Å². The van der Waals surface area contributed by atoms with Gasteiger partial charge in [0.05, 0.1) is 0 Å². The highest BCUT2D eigenvalue weighted by Gasteiger charge is 2.25. The second kappa shape index (κ2) is 5.07. The minimum absolute atomic E-state index is 0.625. The zero-order valence-corrected chi connectivity index (χ0v) is 11.1. The summed E-state index contributed by atoms with van der Waals surface area (Å²) in [6, 6.07) is 7.27. The summed E-state index contributed by atoms with van der Waals surface area (Å²) < 4.78 is 0. The quantitative estimate of drug-likeness (QED) is 0.860. The normalized spacial score (nSPS) is 20.3. The number of hydrogen-bond acceptors (Lipinski definition) is 3. The van der Waals surface area contributed by atoms with Crippen LogP contribution in [0.25, 0.3) is 0 Å². The second-order valence-electron chi connectivity index (χ2n) is 5.19. The number of aryl methyl sites for hydroxylation is 1. The maximum atomic E-state index is 5.84. The largest absolute Gasteiger partial charge is 0.370 e. The van der Waals surface area contributed by atoms with Crippen molar-refractivity contribution in [2.75, 3.05) is 32.1 Å². The summed E-state index contributed by atoms with van der Waals surface area (Å²) in [4.78, 5) is 4.78. The van der Waals surface area contributed by atoms with Crippen molar-refractivity contribution in [2.24, 2.45) is 5.73 Å². The minimum atomic E-state index is 0.625. The van der Waals surface area contributed by atoms with Gasteiger partial charge in [0, 0.05) is 31.4 Å². The van der Waals surface area contributed by atoms with Crippen LogP contribution in [0.4, 0.5) is 5.69 Å². The fraction of sp³-hybridized carbons (Fsp3) is 0.571. The first-order valence-corrected chi connectivity index (χ1v) is 6.33. The first-order valence-electron chi connectivity index (χ1n) is 6.33. The van der Waals surface area contributed by atoms with Gasteiger partial charge in [-0.2, -0.15) is 0 Å². The van der Waals surface area contributed by atoms with Crippen molar-refractivity contribution in [3.8, 4) is 0 Å². The number of nitrogens with two attached hydrogens (primary N) is 1. The van der Waals surface area contributed by atoms with Crippen molar-refractivity contribution in [2.45, 2.75) is 25.9 Å². The average Bonchev–Trinajstić information content (AvgIpc) is 2.78. The Balaban J connectivity index is 2.18. The highest BCUT2D eigenvalue weighted by atomic mass is 15.2.